The zero-order chi connectivity index (χ0) is 16.7. The average molecular weight is 322 g/mol. The third kappa shape index (κ3) is 4.34. The number of nitrogens with zero attached hydrogens (tertiary/aromatic N) is 3. The summed E-state index contributed by atoms with van der Waals surface area (Å²) in [4.78, 5) is 12.4. The van der Waals surface area contributed by atoms with Crippen LogP contribution in [0.2, 0.25) is 0 Å². The van der Waals surface area contributed by atoms with E-state index in [4.69, 9.17) is 10.5 Å². The number of rotatable bonds is 5. The van der Waals surface area contributed by atoms with Gasteiger partial charge in [0.2, 0.25) is 0 Å². The molecule has 7 heteroatoms. The molecule has 0 fully saturated rings. The molecule has 1 N–H and O–H groups in total. The topological polar surface area (TPSA) is 103 Å². The van der Waals surface area contributed by atoms with Crippen LogP contribution in [0, 0.1) is 32.8 Å². The van der Waals surface area contributed by atoms with Gasteiger partial charge in [-0.2, -0.15) is 10.5 Å². The summed E-state index contributed by atoms with van der Waals surface area (Å²) in [5.41, 5.74) is -0.0757. The van der Waals surface area contributed by atoms with E-state index in [0.717, 1.165) is 16.0 Å². The quantitative estimate of drug-likeness (QED) is 0.505. The van der Waals surface area contributed by atoms with Crippen LogP contribution in [0.4, 0.5) is 11.4 Å². The molecule has 0 aliphatic carbocycles. The maximum Gasteiger partial charge on any atom is 0.292 e. The second-order valence-electron chi connectivity index (χ2n) is 4.28. The normalized spacial score (nSPS) is 9.30. The van der Waals surface area contributed by atoms with Gasteiger partial charge < -0.3 is 5.32 Å². The first kappa shape index (κ1) is 16.1. The highest BCUT2D eigenvalue weighted by atomic mass is 32.2. The Kier molecular flexibility index (Phi) is 5.35. The molecule has 2 aromatic rings. The largest absolute Gasteiger partial charge is 0.354 e. The zero-order valence-corrected chi connectivity index (χ0v) is 12.6. The van der Waals surface area contributed by atoms with Crippen LogP contribution in [0.3, 0.4) is 0 Å². The fourth-order valence-corrected chi connectivity index (χ4v) is 2.60. The van der Waals surface area contributed by atoms with E-state index in [1.807, 2.05) is 30.3 Å². The molecule has 0 aromatic heterocycles. The van der Waals surface area contributed by atoms with Crippen LogP contribution in [0.25, 0.3) is 0 Å². The SMILES string of the molecule is N#CC(C#N)=CNc1cc(Sc2ccccc2)ccc1[N+](=O)[O-]. The summed E-state index contributed by atoms with van der Waals surface area (Å²) in [5, 5.41) is 31.2. The van der Waals surface area contributed by atoms with Gasteiger partial charge in [-0.05, 0) is 24.3 Å². The lowest BCUT2D eigenvalue weighted by Gasteiger charge is -2.06. The van der Waals surface area contributed by atoms with Crippen molar-refractivity contribution in [2.75, 3.05) is 5.32 Å². The molecule has 2 aromatic carbocycles. The number of nitriles is 2. The van der Waals surface area contributed by atoms with E-state index in [0.29, 0.717) is 0 Å². The van der Waals surface area contributed by atoms with E-state index in [-0.39, 0.29) is 16.9 Å². The Labute approximate surface area is 136 Å². The predicted molar refractivity (Wildman–Crippen MR) is 86.6 cm³/mol. The Balaban J connectivity index is 2.33. The van der Waals surface area contributed by atoms with Crippen molar-refractivity contribution in [1.82, 2.24) is 0 Å². The lowest BCUT2D eigenvalue weighted by atomic mass is 10.2. The van der Waals surface area contributed by atoms with Crippen LogP contribution in [0.5, 0.6) is 0 Å². The van der Waals surface area contributed by atoms with E-state index < -0.39 is 4.92 Å². The maximum atomic E-state index is 11.1. The van der Waals surface area contributed by atoms with Crippen LogP contribution in [0.1, 0.15) is 0 Å². The van der Waals surface area contributed by atoms with Crippen LogP contribution in [0.15, 0.2) is 70.1 Å². The van der Waals surface area contributed by atoms with Gasteiger partial charge in [0.25, 0.3) is 5.69 Å². The number of hydrogen-bond acceptors (Lipinski definition) is 6. The van der Waals surface area contributed by atoms with E-state index in [1.165, 1.54) is 17.8 Å². The van der Waals surface area contributed by atoms with E-state index >= 15 is 0 Å². The van der Waals surface area contributed by atoms with Gasteiger partial charge >= 0.3 is 0 Å². The Morgan fingerprint density at radius 2 is 1.83 bits per heavy atom. The average Bonchev–Trinajstić information content (AvgIpc) is 2.56. The monoisotopic (exact) mass is 322 g/mol. The molecule has 0 aliphatic heterocycles. The molecule has 0 saturated carbocycles. The zero-order valence-electron chi connectivity index (χ0n) is 11.8. The highest BCUT2D eigenvalue weighted by Crippen LogP contribution is 2.33. The van der Waals surface area contributed by atoms with Gasteiger partial charge in [-0.15, -0.1) is 0 Å². The molecule has 0 aliphatic rings. The second-order valence-corrected chi connectivity index (χ2v) is 5.42. The van der Waals surface area contributed by atoms with Crippen molar-refractivity contribution in [3.63, 3.8) is 0 Å². The summed E-state index contributed by atoms with van der Waals surface area (Å²) >= 11 is 1.45. The summed E-state index contributed by atoms with van der Waals surface area (Å²) in [6.45, 7) is 0. The van der Waals surface area contributed by atoms with Crippen molar-refractivity contribution >= 4 is 23.1 Å². The number of benzene rings is 2. The molecular formula is C16H10N4O2S. The Morgan fingerprint density at radius 1 is 1.13 bits per heavy atom. The highest BCUT2D eigenvalue weighted by Gasteiger charge is 2.14. The van der Waals surface area contributed by atoms with Crippen LogP contribution in [-0.2, 0) is 0 Å². The number of nitrogens with one attached hydrogen (secondary N) is 1. The van der Waals surface area contributed by atoms with Gasteiger partial charge in [-0.1, -0.05) is 30.0 Å². The summed E-state index contributed by atoms with van der Waals surface area (Å²) in [6.07, 6.45) is 1.15. The van der Waals surface area contributed by atoms with Crippen molar-refractivity contribution in [3.8, 4) is 12.1 Å². The number of nitro groups is 1. The lowest BCUT2D eigenvalue weighted by Crippen LogP contribution is -1.97. The number of nitro benzene ring substituents is 1. The molecule has 0 radical (unpaired) electrons. The standard InChI is InChI=1S/C16H10N4O2S/c17-9-12(10-18)11-19-15-8-14(6-7-16(15)20(21)22)23-13-4-2-1-3-5-13/h1-8,11,19H. The van der Waals surface area contributed by atoms with Crippen molar-refractivity contribution in [2.24, 2.45) is 0 Å². The Hall–Kier alpha value is -3.29. The van der Waals surface area contributed by atoms with Crippen molar-refractivity contribution < 1.29 is 4.92 Å². The number of allylic oxidation sites excluding steroid dienone is 1. The minimum absolute atomic E-state index is 0.131. The van der Waals surface area contributed by atoms with Crippen molar-refractivity contribution in [1.29, 1.82) is 10.5 Å². The fraction of sp³-hybridized carbons (Fsp3) is 0. The third-order valence-electron chi connectivity index (χ3n) is 2.76. The molecule has 0 unspecified atom stereocenters. The van der Waals surface area contributed by atoms with E-state index in [9.17, 15) is 10.1 Å². The Bertz CT molecular complexity index is 819. The van der Waals surface area contributed by atoms with Gasteiger partial charge in [-0.25, -0.2) is 0 Å². The molecule has 0 bridgehead atoms. The van der Waals surface area contributed by atoms with Crippen molar-refractivity contribution in [3.05, 3.63) is 70.4 Å². The first-order valence-corrected chi connectivity index (χ1v) is 7.24. The summed E-state index contributed by atoms with van der Waals surface area (Å²) in [5.74, 6) is 0. The fourth-order valence-electron chi connectivity index (χ4n) is 1.72. The minimum atomic E-state index is -0.522. The van der Waals surface area contributed by atoms with Gasteiger partial charge in [0, 0.05) is 22.1 Å². The number of hydrogen-bond donors (Lipinski definition) is 1. The third-order valence-corrected chi connectivity index (χ3v) is 3.75. The van der Waals surface area contributed by atoms with E-state index in [2.05, 4.69) is 5.32 Å². The van der Waals surface area contributed by atoms with Crippen molar-refractivity contribution in [2.45, 2.75) is 9.79 Å². The Morgan fingerprint density at radius 3 is 2.43 bits per heavy atom. The molecule has 2 rings (SSSR count). The summed E-state index contributed by atoms with van der Waals surface area (Å²) < 4.78 is 0. The smallest absolute Gasteiger partial charge is 0.292 e. The molecule has 0 spiro atoms. The maximum absolute atomic E-state index is 11.1. The predicted octanol–water partition coefficient (Wildman–Crippen LogP) is 4.09. The first-order valence-electron chi connectivity index (χ1n) is 6.42. The van der Waals surface area contributed by atoms with Gasteiger partial charge in [0.15, 0.2) is 0 Å². The summed E-state index contributed by atoms with van der Waals surface area (Å²) in [7, 11) is 0. The van der Waals surface area contributed by atoms with Crippen LogP contribution >= 0.6 is 11.8 Å². The van der Waals surface area contributed by atoms with Gasteiger partial charge in [-0.3, -0.25) is 10.1 Å². The minimum Gasteiger partial charge on any atom is -0.354 e. The van der Waals surface area contributed by atoms with Crippen LogP contribution in [-0.4, -0.2) is 4.92 Å². The highest BCUT2D eigenvalue weighted by molar-refractivity contribution is 7.99. The molecule has 23 heavy (non-hydrogen) atoms. The van der Waals surface area contributed by atoms with Crippen LogP contribution < -0.4 is 5.32 Å². The molecule has 0 atom stereocenters. The molecule has 0 saturated heterocycles. The van der Waals surface area contributed by atoms with E-state index in [1.54, 1.807) is 24.3 Å². The molecular weight excluding hydrogens is 312 g/mol. The van der Waals surface area contributed by atoms with Gasteiger partial charge in [0.1, 0.15) is 23.4 Å². The summed E-state index contributed by atoms with van der Waals surface area (Å²) in [6, 6.07) is 17.6. The first-order chi connectivity index (χ1) is 11.1. The molecule has 6 nitrogen and oxygen atoms in total. The lowest BCUT2D eigenvalue weighted by molar-refractivity contribution is -0.384. The number of anilines is 1. The second kappa shape index (κ2) is 7.64. The van der Waals surface area contributed by atoms with Gasteiger partial charge in [0.05, 0.1) is 4.92 Å². The molecule has 0 heterocycles. The molecule has 112 valence electrons. The molecule has 0 amide bonds.